The molecule has 5 heteroatoms. The van der Waals surface area contributed by atoms with E-state index in [-0.39, 0.29) is 0 Å². The Morgan fingerprint density at radius 3 is 2.77 bits per heavy atom. The monoisotopic (exact) mass is 291 g/mol. The molecule has 0 saturated carbocycles. The predicted octanol–water partition coefficient (Wildman–Crippen LogP) is 3.25. The van der Waals surface area contributed by atoms with E-state index in [0.29, 0.717) is 0 Å². The molecule has 0 aliphatic heterocycles. The molecular formula is C17H17N5. The van der Waals surface area contributed by atoms with Crippen molar-refractivity contribution in [2.24, 2.45) is 0 Å². The maximum absolute atomic E-state index is 4.49. The number of benzene rings is 1. The number of H-pyrrole nitrogens is 1. The van der Waals surface area contributed by atoms with Gasteiger partial charge in [-0.15, -0.1) is 0 Å². The lowest BCUT2D eigenvalue weighted by Gasteiger charge is -2.18. The molecule has 0 saturated heterocycles. The van der Waals surface area contributed by atoms with Crippen LogP contribution in [0.2, 0.25) is 0 Å². The second-order valence-corrected chi connectivity index (χ2v) is 5.75. The number of fused-ring (bicyclic) bond motifs is 2. The Labute approximate surface area is 128 Å². The summed E-state index contributed by atoms with van der Waals surface area (Å²) in [5, 5.41) is 8.37. The summed E-state index contributed by atoms with van der Waals surface area (Å²) < 4.78 is 2.07. The van der Waals surface area contributed by atoms with E-state index in [4.69, 9.17) is 0 Å². The van der Waals surface area contributed by atoms with Gasteiger partial charge in [-0.2, -0.15) is 5.10 Å². The number of nitrogens with zero attached hydrogens (tertiary/aromatic N) is 4. The third-order valence-electron chi connectivity index (χ3n) is 3.94. The van der Waals surface area contributed by atoms with Gasteiger partial charge in [0.2, 0.25) is 0 Å². The molecule has 110 valence electrons. The Morgan fingerprint density at radius 2 is 1.95 bits per heavy atom. The molecular weight excluding hydrogens is 274 g/mol. The molecule has 3 aromatic heterocycles. The highest BCUT2D eigenvalue weighted by atomic mass is 15.1. The van der Waals surface area contributed by atoms with E-state index in [0.717, 1.165) is 27.8 Å². The van der Waals surface area contributed by atoms with Crippen molar-refractivity contribution >= 4 is 22.2 Å². The van der Waals surface area contributed by atoms with Crippen molar-refractivity contribution in [3.05, 3.63) is 48.5 Å². The molecule has 4 rings (SSSR count). The number of anilines is 1. The van der Waals surface area contributed by atoms with Gasteiger partial charge in [0.1, 0.15) is 5.65 Å². The maximum Gasteiger partial charge on any atom is 0.136 e. The third-order valence-corrected chi connectivity index (χ3v) is 3.94. The zero-order valence-corrected chi connectivity index (χ0v) is 12.8. The van der Waals surface area contributed by atoms with Crippen LogP contribution in [0.25, 0.3) is 27.7 Å². The van der Waals surface area contributed by atoms with Crippen LogP contribution in [0.5, 0.6) is 0 Å². The van der Waals surface area contributed by atoms with E-state index in [1.807, 2.05) is 19.3 Å². The minimum atomic E-state index is 0.965. The van der Waals surface area contributed by atoms with E-state index >= 15 is 0 Å². The third kappa shape index (κ3) is 1.86. The van der Waals surface area contributed by atoms with Gasteiger partial charge in [0.15, 0.2) is 0 Å². The number of rotatable bonds is 2. The lowest BCUT2D eigenvalue weighted by atomic mass is 10.0. The largest absolute Gasteiger partial charge is 0.377 e. The standard InChI is InChI=1S/C17H17N5/c1-11-9-22-10-12(4-7-16(22)19-11)17-13-8-18-20-14(13)5-6-15(17)21(2)3/h4-10H,1-3H3,(H,18,20). The normalized spacial score (nSPS) is 11.4. The number of aromatic amines is 1. The summed E-state index contributed by atoms with van der Waals surface area (Å²) in [5.41, 5.74) is 6.54. The highest BCUT2D eigenvalue weighted by molar-refractivity contribution is 6.01. The van der Waals surface area contributed by atoms with Crippen LogP contribution in [-0.2, 0) is 0 Å². The molecule has 4 aromatic rings. The highest BCUT2D eigenvalue weighted by Gasteiger charge is 2.13. The highest BCUT2D eigenvalue weighted by Crippen LogP contribution is 2.36. The maximum atomic E-state index is 4.49. The SMILES string of the molecule is Cc1cn2cc(-c3c(N(C)C)ccc4[nH]ncc34)ccc2n1. The molecule has 1 aromatic carbocycles. The van der Waals surface area contributed by atoms with Crippen LogP contribution in [0.4, 0.5) is 5.69 Å². The fourth-order valence-electron chi connectivity index (χ4n) is 2.95. The number of pyridine rings is 1. The van der Waals surface area contributed by atoms with Crippen molar-refractivity contribution in [2.45, 2.75) is 6.92 Å². The lowest BCUT2D eigenvalue weighted by Crippen LogP contribution is -2.10. The van der Waals surface area contributed by atoms with Gasteiger partial charge in [-0.25, -0.2) is 4.98 Å². The predicted molar refractivity (Wildman–Crippen MR) is 89.3 cm³/mol. The molecule has 5 nitrogen and oxygen atoms in total. The van der Waals surface area contributed by atoms with Crippen molar-refractivity contribution in [2.75, 3.05) is 19.0 Å². The van der Waals surface area contributed by atoms with Crippen molar-refractivity contribution in [3.8, 4) is 11.1 Å². The van der Waals surface area contributed by atoms with Crippen molar-refractivity contribution in [3.63, 3.8) is 0 Å². The average Bonchev–Trinajstić information content (AvgIpc) is 3.09. The molecule has 0 amide bonds. The van der Waals surface area contributed by atoms with Crippen LogP contribution in [0.3, 0.4) is 0 Å². The van der Waals surface area contributed by atoms with Crippen LogP contribution < -0.4 is 4.90 Å². The molecule has 0 bridgehead atoms. The number of aromatic nitrogens is 4. The number of aryl methyl sites for hydroxylation is 1. The van der Waals surface area contributed by atoms with E-state index in [2.05, 4.69) is 69.0 Å². The van der Waals surface area contributed by atoms with Crippen LogP contribution in [-0.4, -0.2) is 33.7 Å². The molecule has 0 aliphatic rings. The van der Waals surface area contributed by atoms with E-state index in [1.165, 1.54) is 11.3 Å². The zero-order chi connectivity index (χ0) is 15.3. The second-order valence-electron chi connectivity index (χ2n) is 5.75. The molecule has 3 heterocycles. The van der Waals surface area contributed by atoms with Gasteiger partial charge in [0.05, 0.1) is 17.4 Å². The summed E-state index contributed by atoms with van der Waals surface area (Å²) in [5.74, 6) is 0. The van der Waals surface area contributed by atoms with Gasteiger partial charge in [-0.05, 0) is 31.2 Å². The first-order valence-electron chi connectivity index (χ1n) is 7.22. The number of nitrogens with one attached hydrogen (secondary N) is 1. The molecule has 0 atom stereocenters. The van der Waals surface area contributed by atoms with E-state index in [9.17, 15) is 0 Å². The topological polar surface area (TPSA) is 49.2 Å². The van der Waals surface area contributed by atoms with Crippen LogP contribution in [0.1, 0.15) is 5.69 Å². The Kier molecular flexibility index (Phi) is 2.69. The molecule has 0 radical (unpaired) electrons. The van der Waals surface area contributed by atoms with Gasteiger partial charge in [-0.3, -0.25) is 5.10 Å². The van der Waals surface area contributed by atoms with Gasteiger partial charge < -0.3 is 9.30 Å². The van der Waals surface area contributed by atoms with Crippen LogP contribution in [0, 0.1) is 6.92 Å². The Hall–Kier alpha value is -2.82. The molecule has 0 aliphatic carbocycles. The van der Waals surface area contributed by atoms with Crippen molar-refractivity contribution in [1.29, 1.82) is 0 Å². The van der Waals surface area contributed by atoms with Crippen molar-refractivity contribution in [1.82, 2.24) is 19.6 Å². The molecule has 1 N–H and O–H groups in total. The molecule has 0 unspecified atom stereocenters. The van der Waals surface area contributed by atoms with Crippen LogP contribution in [0.15, 0.2) is 42.9 Å². The van der Waals surface area contributed by atoms with Gasteiger partial charge >= 0.3 is 0 Å². The smallest absolute Gasteiger partial charge is 0.136 e. The summed E-state index contributed by atoms with van der Waals surface area (Å²) in [4.78, 5) is 6.62. The van der Waals surface area contributed by atoms with Gasteiger partial charge in [0.25, 0.3) is 0 Å². The summed E-state index contributed by atoms with van der Waals surface area (Å²) in [6.45, 7) is 2.01. The van der Waals surface area contributed by atoms with Crippen LogP contribution >= 0.6 is 0 Å². The molecule has 0 spiro atoms. The Bertz CT molecular complexity index is 977. The van der Waals surface area contributed by atoms with Crippen molar-refractivity contribution < 1.29 is 0 Å². The summed E-state index contributed by atoms with van der Waals surface area (Å²) in [7, 11) is 4.12. The Balaban J connectivity index is 2.04. The average molecular weight is 291 g/mol. The summed E-state index contributed by atoms with van der Waals surface area (Å²) in [6.07, 6.45) is 6.06. The fourth-order valence-corrected chi connectivity index (χ4v) is 2.95. The first-order chi connectivity index (χ1) is 10.6. The van der Waals surface area contributed by atoms with Gasteiger partial charge in [-0.1, -0.05) is 0 Å². The van der Waals surface area contributed by atoms with E-state index < -0.39 is 0 Å². The minimum absolute atomic E-state index is 0.965. The molecule has 0 fully saturated rings. The number of hydrogen-bond acceptors (Lipinski definition) is 3. The fraction of sp³-hybridized carbons (Fsp3) is 0.176. The first-order valence-corrected chi connectivity index (χ1v) is 7.22. The second kappa shape index (κ2) is 4.59. The molecule has 22 heavy (non-hydrogen) atoms. The van der Waals surface area contributed by atoms with E-state index in [1.54, 1.807) is 0 Å². The number of hydrogen-bond donors (Lipinski definition) is 1. The van der Waals surface area contributed by atoms with Gasteiger partial charge in [0, 0.05) is 48.7 Å². The number of imidazole rings is 1. The zero-order valence-electron chi connectivity index (χ0n) is 12.8. The first kappa shape index (κ1) is 12.9. The minimum Gasteiger partial charge on any atom is -0.377 e. The lowest BCUT2D eigenvalue weighted by molar-refractivity contribution is 1.12. The summed E-state index contributed by atoms with van der Waals surface area (Å²) in [6, 6.07) is 8.37. The quantitative estimate of drug-likeness (QED) is 0.617. The Morgan fingerprint density at radius 1 is 1.09 bits per heavy atom. The summed E-state index contributed by atoms with van der Waals surface area (Å²) >= 11 is 0.